The van der Waals surface area contributed by atoms with Gasteiger partial charge in [0, 0.05) is 22.8 Å². The van der Waals surface area contributed by atoms with Gasteiger partial charge in [0.1, 0.15) is 0 Å². The molecule has 0 saturated carbocycles. The van der Waals surface area contributed by atoms with Crippen molar-refractivity contribution in [3.8, 4) is 0 Å². The number of rotatable bonds is 3. The van der Waals surface area contributed by atoms with Gasteiger partial charge in [-0.3, -0.25) is 4.79 Å². The summed E-state index contributed by atoms with van der Waals surface area (Å²) in [5.74, 6) is -1.56. The number of aliphatic carboxylic acids is 1. The first-order chi connectivity index (χ1) is 10.2. The zero-order valence-corrected chi connectivity index (χ0v) is 14.1. The quantitative estimate of drug-likeness (QED) is 0.816. The first-order valence-corrected chi connectivity index (χ1v) is 9.02. The van der Waals surface area contributed by atoms with Crippen molar-refractivity contribution in [2.24, 2.45) is 0 Å². The molecule has 0 bridgehead atoms. The molecule has 2 rings (SSSR count). The molecule has 120 valence electrons. The van der Waals surface area contributed by atoms with E-state index in [2.05, 4.69) is 15.9 Å². The molecule has 7 nitrogen and oxygen atoms in total. The highest BCUT2D eigenvalue weighted by Crippen LogP contribution is 2.24. The van der Waals surface area contributed by atoms with E-state index in [1.165, 1.54) is 23.1 Å². The Labute approximate surface area is 135 Å². The fourth-order valence-corrected chi connectivity index (χ4v) is 3.98. The van der Waals surface area contributed by atoms with Crippen LogP contribution in [0.5, 0.6) is 0 Å². The zero-order valence-electron chi connectivity index (χ0n) is 11.7. The number of nitrogens with zero attached hydrogens (tertiary/aromatic N) is 1. The lowest BCUT2D eigenvalue weighted by molar-refractivity contribution is -0.154. The molecule has 1 aromatic rings. The minimum absolute atomic E-state index is 0.0152. The maximum absolute atomic E-state index is 12.4. The molecule has 0 unspecified atom stereocenters. The van der Waals surface area contributed by atoms with Crippen molar-refractivity contribution >= 4 is 37.6 Å². The molecule has 1 aromatic carbocycles. The first-order valence-electron chi connectivity index (χ1n) is 6.33. The van der Waals surface area contributed by atoms with Crippen LogP contribution in [0.2, 0.25) is 0 Å². The number of carbonyl (C=O) groups is 2. The van der Waals surface area contributed by atoms with Crippen LogP contribution < -0.4 is 0 Å². The Morgan fingerprint density at radius 3 is 2.68 bits per heavy atom. The van der Waals surface area contributed by atoms with Crippen molar-refractivity contribution in [1.82, 2.24) is 4.90 Å². The summed E-state index contributed by atoms with van der Waals surface area (Å²) in [5, 5.41) is 8.95. The lowest BCUT2D eigenvalue weighted by Crippen LogP contribution is -2.48. The Hall–Kier alpha value is -1.45. The SMILES string of the molecule is CS(=O)(=O)c1cc(C(=O)N2CCO[C@H](C(=O)O)C2)ccc1Br. The zero-order chi connectivity index (χ0) is 16.5. The Morgan fingerprint density at radius 1 is 1.41 bits per heavy atom. The second kappa shape index (κ2) is 6.35. The molecular formula is C13H14BrNO6S. The Balaban J connectivity index is 2.28. The van der Waals surface area contributed by atoms with Crippen molar-refractivity contribution in [1.29, 1.82) is 0 Å². The van der Waals surface area contributed by atoms with Gasteiger partial charge in [0.15, 0.2) is 15.9 Å². The maximum Gasteiger partial charge on any atom is 0.334 e. The molecule has 1 fully saturated rings. The molecule has 1 heterocycles. The van der Waals surface area contributed by atoms with E-state index in [0.29, 0.717) is 4.47 Å². The van der Waals surface area contributed by atoms with E-state index in [1.807, 2.05) is 0 Å². The van der Waals surface area contributed by atoms with Gasteiger partial charge in [-0.05, 0) is 34.1 Å². The van der Waals surface area contributed by atoms with E-state index in [4.69, 9.17) is 9.84 Å². The lowest BCUT2D eigenvalue weighted by atomic mass is 10.1. The summed E-state index contributed by atoms with van der Waals surface area (Å²) in [7, 11) is -3.48. The highest BCUT2D eigenvalue weighted by atomic mass is 79.9. The Kier molecular flexibility index (Phi) is 4.88. The van der Waals surface area contributed by atoms with Gasteiger partial charge in [-0.1, -0.05) is 0 Å². The molecule has 1 aliphatic heterocycles. The number of hydrogen-bond acceptors (Lipinski definition) is 5. The number of ether oxygens (including phenoxy) is 1. The molecule has 0 aliphatic carbocycles. The molecule has 0 radical (unpaired) electrons. The van der Waals surface area contributed by atoms with Gasteiger partial charge < -0.3 is 14.7 Å². The highest BCUT2D eigenvalue weighted by Gasteiger charge is 2.30. The first kappa shape index (κ1) is 16.9. The van der Waals surface area contributed by atoms with Crippen LogP contribution in [0.4, 0.5) is 0 Å². The number of hydrogen-bond donors (Lipinski definition) is 1. The fraction of sp³-hybridized carbons (Fsp3) is 0.385. The highest BCUT2D eigenvalue weighted by molar-refractivity contribution is 9.10. The van der Waals surface area contributed by atoms with Gasteiger partial charge in [0.25, 0.3) is 5.91 Å². The summed E-state index contributed by atoms with van der Waals surface area (Å²) in [6, 6.07) is 4.26. The summed E-state index contributed by atoms with van der Waals surface area (Å²) in [5.41, 5.74) is 0.190. The van der Waals surface area contributed by atoms with Crippen LogP contribution in [-0.2, 0) is 19.4 Å². The fourth-order valence-electron chi connectivity index (χ4n) is 2.09. The maximum atomic E-state index is 12.4. The van der Waals surface area contributed by atoms with Crippen LogP contribution in [0.25, 0.3) is 0 Å². The molecule has 9 heteroatoms. The molecule has 22 heavy (non-hydrogen) atoms. The predicted molar refractivity (Wildman–Crippen MR) is 80.5 cm³/mol. The summed E-state index contributed by atoms with van der Waals surface area (Å²) >= 11 is 3.14. The minimum atomic E-state index is -3.48. The second-order valence-electron chi connectivity index (χ2n) is 4.87. The summed E-state index contributed by atoms with van der Waals surface area (Å²) in [6.07, 6.45) is -0.0150. The summed E-state index contributed by atoms with van der Waals surface area (Å²) < 4.78 is 28.8. The van der Waals surface area contributed by atoms with Gasteiger partial charge in [-0.25, -0.2) is 13.2 Å². The third-order valence-corrected chi connectivity index (χ3v) is 5.30. The van der Waals surface area contributed by atoms with E-state index in [9.17, 15) is 18.0 Å². The molecule has 1 atom stereocenters. The van der Waals surface area contributed by atoms with E-state index in [1.54, 1.807) is 0 Å². The predicted octanol–water partition coefficient (Wildman–Crippen LogP) is 0.778. The Bertz CT molecular complexity index is 717. The standard InChI is InChI=1S/C13H14BrNO6S/c1-22(19,20)11-6-8(2-3-9(11)14)12(16)15-4-5-21-10(7-15)13(17)18/h2-3,6,10H,4-5,7H2,1H3,(H,17,18)/t10-/m0/s1. The van der Waals surface area contributed by atoms with Gasteiger partial charge in [0.2, 0.25) is 0 Å². The number of carboxylic acids is 1. The van der Waals surface area contributed by atoms with Gasteiger partial charge in [0.05, 0.1) is 18.0 Å². The largest absolute Gasteiger partial charge is 0.479 e. The van der Waals surface area contributed by atoms with Crippen LogP contribution in [0.15, 0.2) is 27.6 Å². The molecule has 0 aromatic heterocycles. The Morgan fingerprint density at radius 2 is 2.09 bits per heavy atom. The van der Waals surface area contributed by atoms with Crippen molar-refractivity contribution in [2.75, 3.05) is 26.0 Å². The number of sulfone groups is 1. The molecular weight excluding hydrogens is 378 g/mol. The molecule has 1 aliphatic rings. The van der Waals surface area contributed by atoms with Crippen LogP contribution in [-0.4, -0.2) is 62.4 Å². The average Bonchev–Trinajstić information content (AvgIpc) is 2.46. The second-order valence-corrected chi connectivity index (χ2v) is 7.70. The van der Waals surface area contributed by atoms with Crippen LogP contribution in [0, 0.1) is 0 Å². The number of carbonyl (C=O) groups excluding carboxylic acids is 1. The van der Waals surface area contributed by atoms with Crippen LogP contribution in [0.3, 0.4) is 0 Å². The van der Waals surface area contributed by atoms with Crippen molar-refractivity contribution in [3.05, 3.63) is 28.2 Å². The van der Waals surface area contributed by atoms with Gasteiger partial charge in [-0.2, -0.15) is 0 Å². The van der Waals surface area contributed by atoms with Crippen LogP contribution in [0.1, 0.15) is 10.4 Å². The van der Waals surface area contributed by atoms with Gasteiger partial charge >= 0.3 is 5.97 Å². The topological polar surface area (TPSA) is 101 Å². The number of benzene rings is 1. The number of carboxylic acid groups (broad SMARTS) is 1. The van der Waals surface area contributed by atoms with E-state index >= 15 is 0 Å². The van der Waals surface area contributed by atoms with Crippen molar-refractivity contribution in [2.45, 2.75) is 11.0 Å². The lowest BCUT2D eigenvalue weighted by Gasteiger charge is -2.31. The van der Waals surface area contributed by atoms with E-state index in [0.717, 1.165) is 6.26 Å². The average molecular weight is 392 g/mol. The summed E-state index contributed by atoms with van der Waals surface area (Å²) in [4.78, 5) is 24.7. The summed E-state index contributed by atoms with van der Waals surface area (Å²) in [6.45, 7) is 0.309. The number of halogens is 1. The number of amides is 1. The molecule has 1 amide bonds. The third-order valence-electron chi connectivity index (χ3n) is 3.21. The smallest absolute Gasteiger partial charge is 0.334 e. The molecule has 0 spiro atoms. The monoisotopic (exact) mass is 391 g/mol. The molecule has 1 saturated heterocycles. The number of morpholine rings is 1. The van der Waals surface area contributed by atoms with Crippen molar-refractivity contribution < 1.29 is 27.9 Å². The van der Waals surface area contributed by atoms with Crippen LogP contribution >= 0.6 is 15.9 Å². The van der Waals surface area contributed by atoms with Crippen molar-refractivity contribution in [3.63, 3.8) is 0 Å². The minimum Gasteiger partial charge on any atom is -0.479 e. The van der Waals surface area contributed by atoms with E-state index < -0.39 is 27.8 Å². The normalized spacial score (nSPS) is 19.0. The van der Waals surface area contributed by atoms with E-state index in [-0.39, 0.29) is 30.2 Å². The third kappa shape index (κ3) is 3.65. The van der Waals surface area contributed by atoms with Gasteiger partial charge in [-0.15, -0.1) is 0 Å². The molecule has 1 N–H and O–H groups in total.